The third-order valence-corrected chi connectivity index (χ3v) is 5.49. The minimum absolute atomic E-state index is 0.0306. The maximum Gasteiger partial charge on any atom is 0.233 e. The summed E-state index contributed by atoms with van der Waals surface area (Å²) in [6.45, 7) is 0.879. The van der Waals surface area contributed by atoms with Crippen LogP contribution in [-0.4, -0.2) is 35.2 Å². The molecule has 0 spiro atoms. The predicted molar refractivity (Wildman–Crippen MR) is 71.1 cm³/mol. The number of aliphatic hydroxyl groups is 1. The molecule has 1 atom stereocenters. The Balaban J connectivity index is 1.80. The Bertz CT molecular complexity index is 258. The average molecular weight is 257 g/mol. The summed E-state index contributed by atoms with van der Waals surface area (Å²) in [4.78, 5) is 11.9. The first kappa shape index (κ1) is 13.2. The summed E-state index contributed by atoms with van der Waals surface area (Å²) in [7, 11) is 0. The number of nitrogens with one attached hydrogen (secondary N) is 1. The topological polar surface area (TPSA) is 49.3 Å². The molecule has 1 unspecified atom stereocenters. The second-order valence-corrected chi connectivity index (χ2v) is 6.75. The first-order valence-corrected chi connectivity index (χ1v) is 7.81. The first-order valence-electron chi connectivity index (χ1n) is 6.76. The maximum absolute atomic E-state index is 11.9. The molecule has 0 aromatic heterocycles. The van der Waals surface area contributed by atoms with E-state index in [1.165, 1.54) is 19.3 Å². The lowest BCUT2D eigenvalue weighted by molar-refractivity contribution is -0.121. The van der Waals surface area contributed by atoms with Gasteiger partial charge in [-0.15, -0.1) is 11.8 Å². The van der Waals surface area contributed by atoms with Crippen molar-refractivity contribution in [3.8, 4) is 0 Å². The highest BCUT2D eigenvalue weighted by Crippen LogP contribution is 2.35. The molecule has 1 heterocycles. The van der Waals surface area contributed by atoms with Gasteiger partial charge >= 0.3 is 0 Å². The Kier molecular flexibility index (Phi) is 4.74. The lowest BCUT2D eigenvalue weighted by atomic mass is 9.74. The fourth-order valence-electron chi connectivity index (χ4n) is 2.87. The second kappa shape index (κ2) is 6.10. The van der Waals surface area contributed by atoms with Gasteiger partial charge in [0.15, 0.2) is 0 Å². The molecular formula is C13H23NO2S. The highest BCUT2D eigenvalue weighted by Gasteiger charge is 2.33. The molecule has 1 saturated carbocycles. The van der Waals surface area contributed by atoms with E-state index >= 15 is 0 Å². The molecule has 1 saturated heterocycles. The number of carbonyl (C=O) groups excluding carboxylic acids is 1. The Morgan fingerprint density at radius 2 is 2.06 bits per heavy atom. The van der Waals surface area contributed by atoms with Crippen LogP contribution in [-0.2, 0) is 4.79 Å². The number of rotatable bonds is 4. The van der Waals surface area contributed by atoms with Gasteiger partial charge in [0, 0.05) is 12.0 Å². The Labute approximate surface area is 108 Å². The van der Waals surface area contributed by atoms with Crippen molar-refractivity contribution in [2.24, 2.45) is 5.41 Å². The Hall–Kier alpha value is -0.220. The average Bonchev–Trinajstić information content (AvgIpc) is 2.91. The minimum Gasteiger partial charge on any atom is -0.396 e. The molecule has 1 aliphatic carbocycles. The van der Waals surface area contributed by atoms with Gasteiger partial charge in [-0.2, -0.15) is 0 Å². The van der Waals surface area contributed by atoms with Crippen LogP contribution >= 0.6 is 11.8 Å². The summed E-state index contributed by atoms with van der Waals surface area (Å²) in [6, 6.07) is 0. The van der Waals surface area contributed by atoms with Gasteiger partial charge in [-0.05, 0) is 31.4 Å². The van der Waals surface area contributed by atoms with Crippen molar-refractivity contribution in [2.45, 2.75) is 50.2 Å². The smallest absolute Gasteiger partial charge is 0.233 e. The fourth-order valence-corrected chi connectivity index (χ4v) is 4.05. The van der Waals surface area contributed by atoms with Gasteiger partial charge < -0.3 is 10.4 Å². The van der Waals surface area contributed by atoms with E-state index in [-0.39, 0.29) is 23.2 Å². The van der Waals surface area contributed by atoms with Crippen LogP contribution < -0.4 is 5.32 Å². The van der Waals surface area contributed by atoms with Crippen LogP contribution in [0.3, 0.4) is 0 Å². The lowest BCUT2D eigenvalue weighted by Gasteiger charge is -2.35. The third-order valence-electron chi connectivity index (χ3n) is 4.11. The maximum atomic E-state index is 11.9. The van der Waals surface area contributed by atoms with Crippen molar-refractivity contribution < 1.29 is 9.90 Å². The van der Waals surface area contributed by atoms with Gasteiger partial charge in [0.2, 0.25) is 5.91 Å². The van der Waals surface area contributed by atoms with Crippen LogP contribution in [0.5, 0.6) is 0 Å². The molecule has 1 aliphatic heterocycles. The summed E-state index contributed by atoms with van der Waals surface area (Å²) in [5.41, 5.74) is -0.0306. The molecule has 2 aliphatic rings. The molecule has 1 amide bonds. The predicted octanol–water partition coefficient (Wildman–Crippen LogP) is 1.94. The number of hydrogen-bond acceptors (Lipinski definition) is 3. The molecule has 98 valence electrons. The zero-order chi connectivity index (χ0) is 12.1. The molecule has 2 rings (SSSR count). The summed E-state index contributed by atoms with van der Waals surface area (Å²) in [5.74, 6) is 1.30. The second-order valence-electron chi connectivity index (χ2n) is 5.44. The summed E-state index contributed by atoms with van der Waals surface area (Å²) >= 11 is 1.77. The standard InChI is InChI=1S/C13H23NO2S/c15-10-13(6-2-1-3-7-13)9-14-12(16)11-5-4-8-17-11/h11,15H,1-10H2,(H,14,16). The van der Waals surface area contributed by atoms with Crippen LogP contribution in [0, 0.1) is 5.41 Å². The largest absolute Gasteiger partial charge is 0.396 e. The molecule has 2 fully saturated rings. The van der Waals surface area contributed by atoms with Crippen molar-refractivity contribution in [3.05, 3.63) is 0 Å². The number of thioether (sulfide) groups is 1. The monoisotopic (exact) mass is 257 g/mol. The number of amides is 1. The molecule has 0 aromatic carbocycles. The van der Waals surface area contributed by atoms with E-state index in [2.05, 4.69) is 5.32 Å². The minimum atomic E-state index is -0.0306. The number of hydrogen-bond donors (Lipinski definition) is 2. The van der Waals surface area contributed by atoms with Crippen molar-refractivity contribution >= 4 is 17.7 Å². The van der Waals surface area contributed by atoms with Crippen molar-refractivity contribution in [1.29, 1.82) is 0 Å². The Morgan fingerprint density at radius 3 is 2.65 bits per heavy atom. The van der Waals surface area contributed by atoms with Gasteiger partial charge in [-0.3, -0.25) is 4.79 Å². The highest BCUT2D eigenvalue weighted by atomic mass is 32.2. The molecule has 0 radical (unpaired) electrons. The van der Waals surface area contributed by atoms with Crippen LogP contribution in [0.25, 0.3) is 0 Å². The summed E-state index contributed by atoms with van der Waals surface area (Å²) < 4.78 is 0. The van der Waals surface area contributed by atoms with E-state index in [0.717, 1.165) is 31.4 Å². The van der Waals surface area contributed by atoms with E-state index < -0.39 is 0 Å². The SMILES string of the molecule is O=C(NCC1(CO)CCCCC1)C1CCCS1. The zero-order valence-corrected chi connectivity index (χ0v) is 11.2. The molecule has 0 bridgehead atoms. The van der Waals surface area contributed by atoms with Crippen molar-refractivity contribution in [3.63, 3.8) is 0 Å². The van der Waals surface area contributed by atoms with Gasteiger partial charge in [0.25, 0.3) is 0 Å². The van der Waals surface area contributed by atoms with Gasteiger partial charge in [0.1, 0.15) is 0 Å². The van der Waals surface area contributed by atoms with Gasteiger partial charge in [-0.25, -0.2) is 0 Å². The third kappa shape index (κ3) is 3.38. The summed E-state index contributed by atoms with van der Waals surface area (Å²) in [6.07, 6.45) is 7.94. The van der Waals surface area contributed by atoms with Gasteiger partial charge in [0.05, 0.1) is 11.9 Å². The molecule has 0 aromatic rings. The van der Waals surface area contributed by atoms with Crippen LogP contribution in [0.2, 0.25) is 0 Å². The number of aliphatic hydroxyl groups excluding tert-OH is 1. The molecule has 2 N–H and O–H groups in total. The van der Waals surface area contributed by atoms with E-state index in [1.54, 1.807) is 11.8 Å². The zero-order valence-electron chi connectivity index (χ0n) is 10.4. The Morgan fingerprint density at radius 1 is 1.29 bits per heavy atom. The summed E-state index contributed by atoms with van der Waals surface area (Å²) in [5, 5.41) is 12.8. The van der Waals surface area contributed by atoms with Crippen molar-refractivity contribution in [2.75, 3.05) is 18.9 Å². The van der Waals surface area contributed by atoms with E-state index in [9.17, 15) is 9.90 Å². The first-order chi connectivity index (χ1) is 8.26. The van der Waals surface area contributed by atoms with E-state index in [1.807, 2.05) is 0 Å². The van der Waals surface area contributed by atoms with E-state index in [4.69, 9.17) is 0 Å². The van der Waals surface area contributed by atoms with Crippen molar-refractivity contribution in [1.82, 2.24) is 5.32 Å². The van der Waals surface area contributed by atoms with E-state index in [0.29, 0.717) is 6.54 Å². The van der Waals surface area contributed by atoms with Gasteiger partial charge in [-0.1, -0.05) is 19.3 Å². The highest BCUT2D eigenvalue weighted by molar-refractivity contribution is 8.00. The fraction of sp³-hybridized carbons (Fsp3) is 0.923. The molecule has 4 heteroatoms. The number of carbonyl (C=O) groups is 1. The molecular weight excluding hydrogens is 234 g/mol. The quantitative estimate of drug-likeness (QED) is 0.809. The normalized spacial score (nSPS) is 27.9. The lowest BCUT2D eigenvalue weighted by Crippen LogP contribution is -2.43. The molecule has 3 nitrogen and oxygen atoms in total. The van der Waals surface area contributed by atoms with Crippen LogP contribution in [0.1, 0.15) is 44.9 Å². The van der Waals surface area contributed by atoms with Crippen LogP contribution in [0.15, 0.2) is 0 Å². The van der Waals surface area contributed by atoms with Crippen LogP contribution in [0.4, 0.5) is 0 Å². The molecule has 17 heavy (non-hydrogen) atoms.